The molecule has 4 heteroatoms. The summed E-state index contributed by atoms with van der Waals surface area (Å²) < 4.78 is 10.5. The van der Waals surface area contributed by atoms with E-state index in [4.69, 9.17) is 14.9 Å². The normalized spacial score (nSPS) is 10.4. The minimum Gasteiger partial charge on any atom is -0.487 e. The van der Waals surface area contributed by atoms with Crippen molar-refractivity contribution in [2.75, 3.05) is 6.61 Å². The smallest absolute Gasteiger partial charge is 0.227 e. The van der Waals surface area contributed by atoms with Crippen molar-refractivity contribution in [1.29, 1.82) is 0 Å². The molecule has 0 radical (unpaired) electrons. The average Bonchev–Trinajstić information content (AvgIpc) is 2.30. The number of nitrogens with two attached hydrogens (primary N) is 1. The number of hydrogen-bond donors (Lipinski definition) is 1. The first-order valence-electron chi connectivity index (χ1n) is 5.72. The molecule has 0 aliphatic rings. The maximum Gasteiger partial charge on any atom is 0.227 e. The molecule has 0 bridgehead atoms. The van der Waals surface area contributed by atoms with Crippen molar-refractivity contribution >= 4 is 0 Å². The van der Waals surface area contributed by atoms with Crippen molar-refractivity contribution in [3.8, 4) is 5.75 Å². The minimum atomic E-state index is -0.165. The molecule has 0 atom stereocenters. The van der Waals surface area contributed by atoms with E-state index in [0.29, 0.717) is 12.4 Å². The summed E-state index contributed by atoms with van der Waals surface area (Å²) in [7, 11) is 0. The van der Waals surface area contributed by atoms with Crippen LogP contribution >= 0.6 is 0 Å². The van der Waals surface area contributed by atoms with Crippen LogP contribution in [0, 0.1) is 0 Å². The summed E-state index contributed by atoms with van der Waals surface area (Å²) >= 11 is 0. The predicted molar refractivity (Wildman–Crippen MR) is 62.5 cm³/mol. The van der Waals surface area contributed by atoms with Gasteiger partial charge in [-0.3, -0.25) is 4.79 Å². The fourth-order valence-electron chi connectivity index (χ4n) is 1.36. The van der Waals surface area contributed by atoms with Gasteiger partial charge in [0.2, 0.25) is 11.2 Å². The van der Waals surface area contributed by atoms with Crippen molar-refractivity contribution in [3.05, 3.63) is 28.3 Å². The Morgan fingerprint density at radius 2 is 2.19 bits per heavy atom. The summed E-state index contributed by atoms with van der Waals surface area (Å²) in [5.74, 6) is 0.747. The highest BCUT2D eigenvalue weighted by atomic mass is 16.5. The van der Waals surface area contributed by atoms with Crippen LogP contribution in [-0.2, 0) is 6.54 Å². The van der Waals surface area contributed by atoms with Gasteiger partial charge in [0.25, 0.3) is 0 Å². The highest BCUT2D eigenvalue weighted by molar-refractivity contribution is 5.17. The van der Waals surface area contributed by atoms with Crippen molar-refractivity contribution < 1.29 is 9.15 Å². The van der Waals surface area contributed by atoms with E-state index >= 15 is 0 Å². The summed E-state index contributed by atoms with van der Waals surface area (Å²) in [5.41, 5.74) is 5.19. The Hall–Kier alpha value is -1.29. The second-order valence-electron chi connectivity index (χ2n) is 3.69. The van der Waals surface area contributed by atoms with E-state index in [-0.39, 0.29) is 17.7 Å². The Balaban J connectivity index is 2.39. The highest BCUT2D eigenvalue weighted by Crippen LogP contribution is 2.07. The lowest BCUT2D eigenvalue weighted by atomic mass is 10.2. The summed E-state index contributed by atoms with van der Waals surface area (Å²) in [6.07, 6.45) is 5.82. The SMILES string of the molecule is CCCCCCOc1coc(CN)cc1=O. The summed E-state index contributed by atoms with van der Waals surface area (Å²) in [5, 5.41) is 0. The number of ether oxygens (including phenoxy) is 1. The Morgan fingerprint density at radius 1 is 1.38 bits per heavy atom. The Bertz CT molecular complexity index is 360. The van der Waals surface area contributed by atoms with Crippen LogP contribution in [0.5, 0.6) is 5.75 Å². The van der Waals surface area contributed by atoms with Crippen LogP contribution < -0.4 is 15.9 Å². The maximum absolute atomic E-state index is 11.5. The fraction of sp³-hybridized carbons (Fsp3) is 0.583. The van der Waals surface area contributed by atoms with Gasteiger partial charge in [0.1, 0.15) is 12.0 Å². The zero-order chi connectivity index (χ0) is 11.8. The molecule has 0 spiro atoms. The fourth-order valence-corrected chi connectivity index (χ4v) is 1.36. The van der Waals surface area contributed by atoms with Gasteiger partial charge in [-0.2, -0.15) is 0 Å². The molecule has 0 fully saturated rings. The van der Waals surface area contributed by atoms with E-state index in [9.17, 15) is 4.79 Å². The number of hydrogen-bond acceptors (Lipinski definition) is 4. The lowest BCUT2D eigenvalue weighted by molar-refractivity contribution is 0.290. The first-order valence-corrected chi connectivity index (χ1v) is 5.72. The average molecular weight is 225 g/mol. The van der Waals surface area contributed by atoms with E-state index in [1.54, 1.807) is 0 Å². The van der Waals surface area contributed by atoms with Crippen LogP contribution in [0.2, 0.25) is 0 Å². The first kappa shape index (κ1) is 12.8. The van der Waals surface area contributed by atoms with Crippen LogP contribution in [0.3, 0.4) is 0 Å². The van der Waals surface area contributed by atoms with E-state index in [1.165, 1.54) is 25.2 Å². The molecular weight excluding hydrogens is 206 g/mol. The van der Waals surface area contributed by atoms with Crippen molar-refractivity contribution in [1.82, 2.24) is 0 Å². The topological polar surface area (TPSA) is 65.5 Å². The lowest BCUT2D eigenvalue weighted by Crippen LogP contribution is -2.10. The van der Waals surface area contributed by atoms with Gasteiger partial charge in [-0.1, -0.05) is 26.2 Å². The quantitative estimate of drug-likeness (QED) is 0.721. The zero-order valence-electron chi connectivity index (χ0n) is 9.70. The molecule has 0 aromatic carbocycles. The third kappa shape index (κ3) is 4.06. The molecular formula is C12H19NO3. The Kier molecular flexibility index (Phi) is 5.64. The van der Waals surface area contributed by atoms with Gasteiger partial charge in [-0.25, -0.2) is 0 Å². The van der Waals surface area contributed by atoms with Crippen LogP contribution in [0.15, 0.2) is 21.5 Å². The third-order valence-corrected chi connectivity index (χ3v) is 2.31. The molecule has 0 aliphatic heterocycles. The largest absolute Gasteiger partial charge is 0.487 e. The number of rotatable bonds is 7. The molecule has 4 nitrogen and oxygen atoms in total. The minimum absolute atomic E-state index is 0.165. The van der Waals surface area contributed by atoms with Crippen LogP contribution in [0.1, 0.15) is 38.4 Å². The zero-order valence-corrected chi connectivity index (χ0v) is 9.70. The Labute approximate surface area is 95.4 Å². The van der Waals surface area contributed by atoms with Gasteiger partial charge in [-0.15, -0.1) is 0 Å². The lowest BCUT2D eigenvalue weighted by Gasteiger charge is -2.04. The molecule has 1 heterocycles. The standard InChI is InChI=1S/C12H19NO3/c1-2-3-4-5-6-15-12-9-16-10(8-13)7-11(12)14/h7,9H,2-6,8,13H2,1H3. The van der Waals surface area contributed by atoms with Crippen molar-refractivity contribution in [3.63, 3.8) is 0 Å². The molecule has 1 aromatic rings. The van der Waals surface area contributed by atoms with Crippen LogP contribution in [0.4, 0.5) is 0 Å². The molecule has 90 valence electrons. The molecule has 0 saturated heterocycles. The second-order valence-corrected chi connectivity index (χ2v) is 3.69. The monoisotopic (exact) mass is 225 g/mol. The van der Waals surface area contributed by atoms with Gasteiger partial charge >= 0.3 is 0 Å². The number of unbranched alkanes of at least 4 members (excludes halogenated alkanes) is 3. The van der Waals surface area contributed by atoms with Gasteiger partial charge in [0.05, 0.1) is 13.2 Å². The van der Waals surface area contributed by atoms with Gasteiger partial charge < -0.3 is 14.9 Å². The Morgan fingerprint density at radius 3 is 2.81 bits per heavy atom. The van der Waals surface area contributed by atoms with Gasteiger partial charge in [-0.05, 0) is 6.42 Å². The molecule has 16 heavy (non-hydrogen) atoms. The molecule has 0 saturated carbocycles. The second kappa shape index (κ2) is 7.06. The molecule has 0 unspecified atom stereocenters. The molecule has 0 amide bonds. The molecule has 1 rings (SSSR count). The third-order valence-electron chi connectivity index (χ3n) is 2.31. The van der Waals surface area contributed by atoms with E-state index in [0.717, 1.165) is 12.8 Å². The van der Waals surface area contributed by atoms with E-state index in [1.807, 2.05) is 0 Å². The summed E-state index contributed by atoms with van der Waals surface area (Å²) in [4.78, 5) is 11.5. The van der Waals surface area contributed by atoms with E-state index < -0.39 is 0 Å². The van der Waals surface area contributed by atoms with E-state index in [2.05, 4.69) is 6.92 Å². The predicted octanol–water partition coefficient (Wildman–Crippen LogP) is 2.06. The summed E-state index contributed by atoms with van der Waals surface area (Å²) in [6.45, 7) is 2.94. The van der Waals surface area contributed by atoms with Crippen LogP contribution in [-0.4, -0.2) is 6.61 Å². The molecule has 0 aliphatic carbocycles. The summed E-state index contributed by atoms with van der Waals surface area (Å²) in [6, 6.07) is 1.38. The van der Waals surface area contributed by atoms with Crippen molar-refractivity contribution in [2.45, 2.75) is 39.2 Å². The van der Waals surface area contributed by atoms with Crippen LogP contribution in [0.25, 0.3) is 0 Å². The van der Waals surface area contributed by atoms with Gasteiger partial charge in [0, 0.05) is 6.07 Å². The van der Waals surface area contributed by atoms with Crippen molar-refractivity contribution in [2.24, 2.45) is 5.73 Å². The highest BCUT2D eigenvalue weighted by Gasteiger charge is 2.03. The maximum atomic E-state index is 11.5. The molecule has 1 aromatic heterocycles. The first-order chi connectivity index (χ1) is 7.77. The molecule has 2 N–H and O–H groups in total. The van der Waals surface area contributed by atoms with Gasteiger partial charge in [0.15, 0.2) is 0 Å².